The van der Waals surface area contributed by atoms with Crippen LogP contribution in [0, 0.1) is 5.82 Å². The Balaban J connectivity index is 1.73. The van der Waals surface area contributed by atoms with Crippen molar-refractivity contribution in [1.29, 1.82) is 0 Å². The summed E-state index contributed by atoms with van der Waals surface area (Å²) < 4.78 is 23.8. The molecule has 0 unspecified atom stereocenters. The highest BCUT2D eigenvalue weighted by Crippen LogP contribution is 2.21. The molecule has 3 aromatic rings. The zero-order chi connectivity index (χ0) is 16.2. The van der Waals surface area contributed by atoms with Crippen molar-refractivity contribution in [2.75, 3.05) is 0 Å². The Bertz CT molecular complexity index is 828. The zero-order valence-corrected chi connectivity index (χ0v) is 12.0. The average molecular weight is 312 g/mol. The van der Waals surface area contributed by atoms with E-state index in [4.69, 9.17) is 14.9 Å². The van der Waals surface area contributed by atoms with Gasteiger partial charge in [-0.05, 0) is 36.4 Å². The van der Waals surface area contributed by atoms with E-state index < -0.39 is 5.91 Å². The van der Waals surface area contributed by atoms with Crippen LogP contribution in [-0.2, 0) is 6.61 Å². The minimum atomic E-state index is -0.562. The largest absolute Gasteiger partial charge is 0.486 e. The van der Waals surface area contributed by atoms with Gasteiger partial charge in [0.15, 0.2) is 0 Å². The van der Waals surface area contributed by atoms with E-state index in [0.717, 1.165) is 0 Å². The number of nitrogens with zero attached hydrogens (tertiary/aromatic N) is 1. The van der Waals surface area contributed by atoms with Gasteiger partial charge >= 0.3 is 0 Å². The normalized spacial score (nSPS) is 10.5. The topological polar surface area (TPSA) is 78.4 Å². The maximum absolute atomic E-state index is 12.9. The van der Waals surface area contributed by atoms with Crippen LogP contribution in [0.25, 0.3) is 11.5 Å². The van der Waals surface area contributed by atoms with Gasteiger partial charge in [-0.1, -0.05) is 12.1 Å². The first-order chi connectivity index (χ1) is 11.1. The summed E-state index contributed by atoms with van der Waals surface area (Å²) >= 11 is 0. The first-order valence-corrected chi connectivity index (χ1v) is 6.85. The second-order valence-corrected chi connectivity index (χ2v) is 4.80. The summed E-state index contributed by atoms with van der Waals surface area (Å²) in [7, 11) is 0. The number of para-hydroxylation sites is 1. The molecule has 1 heterocycles. The van der Waals surface area contributed by atoms with E-state index >= 15 is 0 Å². The molecule has 2 aromatic carbocycles. The number of carbonyl (C=O) groups excluding carboxylic acids is 1. The molecule has 0 aliphatic heterocycles. The van der Waals surface area contributed by atoms with E-state index in [1.54, 1.807) is 36.4 Å². The van der Waals surface area contributed by atoms with E-state index in [1.165, 1.54) is 18.4 Å². The molecule has 1 amide bonds. The minimum Gasteiger partial charge on any atom is -0.486 e. The van der Waals surface area contributed by atoms with Crippen molar-refractivity contribution in [3.8, 4) is 17.2 Å². The highest BCUT2D eigenvalue weighted by molar-refractivity contribution is 5.95. The number of hydrogen-bond donors (Lipinski definition) is 1. The van der Waals surface area contributed by atoms with Crippen LogP contribution in [-0.4, -0.2) is 10.9 Å². The number of carbonyl (C=O) groups is 1. The van der Waals surface area contributed by atoms with Gasteiger partial charge in [0.25, 0.3) is 5.91 Å². The Morgan fingerprint density at radius 3 is 2.65 bits per heavy atom. The van der Waals surface area contributed by atoms with Crippen molar-refractivity contribution in [3.63, 3.8) is 0 Å². The predicted octanol–water partition coefficient (Wildman–Crippen LogP) is 3.16. The molecule has 116 valence electrons. The Hall–Kier alpha value is -3.15. The second-order valence-electron chi connectivity index (χ2n) is 4.80. The second kappa shape index (κ2) is 6.31. The molecule has 0 saturated carbocycles. The lowest BCUT2D eigenvalue weighted by Crippen LogP contribution is -2.12. The highest BCUT2D eigenvalue weighted by Gasteiger charge is 2.11. The van der Waals surface area contributed by atoms with E-state index in [2.05, 4.69) is 4.98 Å². The SMILES string of the molecule is NC(=O)c1ccccc1OCc1coc(-c2ccc(F)cc2)n1. The molecular weight excluding hydrogens is 299 g/mol. The fourth-order valence-corrected chi connectivity index (χ4v) is 2.05. The molecule has 0 aliphatic rings. The Labute approximate surface area is 131 Å². The van der Waals surface area contributed by atoms with Crippen molar-refractivity contribution >= 4 is 5.91 Å². The van der Waals surface area contributed by atoms with Gasteiger partial charge in [-0.25, -0.2) is 9.37 Å². The molecule has 6 heteroatoms. The van der Waals surface area contributed by atoms with Crippen molar-refractivity contribution in [2.45, 2.75) is 6.61 Å². The smallest absolute Gasteiger partial charge is 0.252 e. The van der Waals surface area contributed by atoms with Gasteiger partial charge < -0.3 is 14.9 Å². The van der Waals surface area contributed by atoms with Gasteiger partial charge in [-0.15, -0.1) is 0 Å². The molecular formula is C17H13FN2O3. The Morgan fingerprint density at radius 2 is 1.91 bits per heavy atom. The molecule has 1 aromatic heterocycles. The highest BCUT2D eigenvalue weighted by atomic mass is 19.1. The van der Waals surface area contributed by atoms with Gasteiger partial charge in [0.1, 0.15) is 30.1 Å². The molecule has 0 spiro atoms. The molecule has 0 fully saturated rings. The summed E-state index contributed by atoms with van der Waals surface area (Å²) in [6.45, 7) is 0.120. The van der Waals surface area contributed by atoms with Crippen LogP contribution in [0.2, 0.25) is 0 Å². The summed E-state index contributed by atoms with van der Waals surface area (Å²) in [5.74, 6) is -0.141. The lowest BCUT2D eigenvalue weighted by Gasteiger charge is -2.07. The summed E-state index contributed by atoms with van der Waals surface area (Å²) in [5.41, 5.74) is 6.80. The molecule has 0 atom stereocenters. The predicted molar refractivity (Wildman–Crippen MR) is 81.2 cm³/mol. The van der Waals surface area contributed by atoms with E-state index in [9.17, 15) is 9.18 Å². The lowest BCUT2D eigenvalue weighted by molar-refractivity contribution is 0.0996. The molecule has 0 aliphatic carbocycles. The number of aromatic nitrogens is 1. The number of ether oxygens (including phenoxy) is 1. The average Bonchev–Trinajstić information content (AvgIpc) is 3.03. The number of rotatable bonds is 5. The third-order valence-corrected chi connectivity index (χ3v) is 3.17. The summed E-state index contributed by atoms with van der Waals surface area (Å²) in [6.07, 6.45) is 1.45. The number of oxazole rings is 1. The van der Waals surface area contributed by atoms with Gasteiger partial charge in [0.05, 0.1) is 5.56 Å². The maximum atomic E-state index is 12.9. The summed E-state index contributed by atoms with van der Waals surface area (Å²) in [6, 6.07) is 12.5. The molecule has 23 heavy (non-hydrogen) atoms. The van der Waals surface area contributed by atoms with Gasteiger partial charge in [0.2, 0.25) is 5.89 Å². The quantitative estimate of drug-likeness (QED) is 0.785. The van der Waals surface area contributed by atoms with Crippen LogP contribution >= 0.6 is 0 Å². The lowest BCUT2D eigenvalue weighted by atomic mass is 10.2. The van der Waals surface area contributed by atoms with E-state index in [-0.39, 0.29) is 12.4 Å². The fraction of sp³-hybridized carbons (Fsp3) is 0.0588. The van der Waals surface area contributed by atoms with E-state index in [0.29, 0.717) is 28.5 Å². The van der Waals surface area contributed by atoms with Crippen LogP contribution in [0.15, 0.2) is 59.2 Å². The number of amides is 1. The van der Waals surface area contributed by atoms with E-state index in [1.807, 2.05) is 0 Å². The molecule has 0 radical (unpaired) electrons. The number of nitrogens with two attached hydrogens (primary N) is 1. The van der Waals surface area contributed by atoms with Crippen LogP contribution in [0.4, 0.5) is 4.39 Å². The molecule has 2 N–H and O–H groups in total. The third kappa shape index (κ3) is 3.37. The number of primary amides is 1. The molecule has 5 nitrogen and oxygen atoms in total. The molecule has 0 saturated heterocycles. The van der Waals surface area contributed by atoms with Crippen molar-refractivity contribution in [2.24, 2.45) is 5.73 Å². The fourth-order valence-electron chi connectivity index (χ4n) is 2.05. The van der Waals surface area contributed by atoms with Crippen LogP contribution in [0.3, 0.4) is 0 Å². The van der Waals surface area contributed by atoms with Crippen LogP contribution in [0.1, 0.15) is 16.1 Å². The summed E-state index contributed by atoms with van der Waals surface area (Å²) in [4.78, 5) is 15.6. The molecule has 0 bridgehead atoms. The van der Waals surface area contributed by atoms with Crippen molar-refractivity contribution in [1.82, 2.24) is 4.98 Å². The van der Waals surface area contributed by atoms with Crippen molar-refractivity contribution in [3.05, 3.63) is 71.9 Å². The van der Waals surface area contributed by atoms with Crippen molar-refractivity contribution < 1.29 is 18.3 Å². The van der Waals surface area contributed by atoms with Crippen LogP contribution < -0.4 is 10.5 Å². The number of hydrogen-bond acceptors (Lipinski definition) is 4. The number of benzene rings is 2. The maximum Gasteiger partial charge on any atom is 0.252 e. The first-order valence-electron chi connectivity index (χ1n) is 6.85. The van der Waals surface area contributed by atoms with Gasteiger partial charge in [-0.2, -0.15) is 0 Å². The Kier molecular flexibility index (Phi) is 4.05. The van der Waals surface area contributed by atoms with Gasteiger partial charge in [-0.3, -0.25) is 4.79 Å². The standard InChI is InChI=1S/C17H13FN2O3/c18-12-7-5-11(6-8-12)17-20-13(10-23-17)9-22-15-4-2-1-3-14(15)16(19)21/h1-8,10H,9H2,(H2,19,21). The van der Waals surface area contributed by atoms with Crippen LogP contribution in [0.5, 0.6) is 5.75 Å². The Morgan fingerprint density at radius 1 is 1.17 bits per heavy atom. The summed E-state index contributed by atoms with van der Waals surface area (Å²) in [5, 5.41) is 0. The van der Waals surface area contributed by atoms with Gasteiger partial charge in [0, 0.05) is 5.56 Å². The minimum absolute atomic E-state index is 0.120. The first kappa shape index (κ1) is 14.8. The zero-order valence-electron chi connectivity index (χ0n) is 12.0. The molecule has 3 rings (SSSR count). The monoisotopic (exact) mass is 312 g/mol. The third-order valence-electron chi connectivity index (χ3n) is 3.17. The number of halogens is 1.